The van der Waals surface area contributed by atoms with Gasteiger partial charge in [0.05, 0.1) is 11.4 Å². The van der Waals surface area contributed by atoms with Crippen molar-refractivity contribution in [3.63, 3.8) is 0 Å². The number of hydrogen-bond acceptors (Lipinski definition) is 6. The monoisotopic (exact) mass is 497 g/mol. The summed E-state index contributed by atoms with van der Waals surface area (Å²) in [5.74, 6) is 0.370. The number of likely N-dealkylation sites (N-methyl/N-ethyl adjacent to an activating group) is 1. The highest BCUT2D eigenvalue weighted by Gasteiger charge is 2.31. The van der Waals surface area contributed by atoms with Crippen LogP contribution in [0, 0.1) is 5.92 Å². The van der Waals surface area contributed by atoms with Crippen LogP contribution in [0.25, 0.3) is 0 Å². The molecule has 1 saturated carbocycles. The molecule has 8 nitrogen and oxygen atoms in total. The van der Waals surface area contributed by atoms with Gasteiger partial charge in [-0.3, -0.25) is 24.6 Å². The van der Waals surface area contributed by atoms with Crippen molar-refractivity contribution >= 4 is 29.6 Å². The minimum absolute atomic E-state index is 0.228. The normalized spacial score (nSPS) is 22.5. The van der Waals surface area contributed by atoms with Crippen LogP contribution in [0.5, 0.6) is 0 Å². The molecule has 0 aromatic heterocycles. The molecule has 8 heteroatoms. The molecule has 36 heavy (non-hydrogen) atoms. The van der Waals surface area contributed by atoms with Crippen LogP contribution in [-0.4, -0.2) is 80.9 Å². The van der Waals surface area contributed by atoms with Crippen LogP contribution in [0.3, 0.4) is 0 Å². The van der Waals surface area contributed by atoms with E-state index < -0.39 is 6.04 Å². The summed E-state index contributed by atoms with van der Waals surface area (Å²) in [5, 5.41) is 2.43. The first kappa shape index (κ1) is 26.6. The highest BCUT2D eigenvalue weighted by molar-refractivity contribution is 6.02. The first-order chi connectivity index (χ1) is 17.4. The summed E-state index contributed by atoms with van der Waals surface area (Å²) in [7, 11) is 5.90. The molecule has 2 heterocycles. The van der Waals surface area contributed by atoms with Gasteiger partial charge in [-0.15, -0.1) is 0 Å². The molecule has 2 saturated heterocycles. The fraction of sp³-hybridized carbons (Fsp3) is 0.679. The summed E-state index contributed by atoms with van der Waals surface area (Å²) in [6.45, 7) is 4.25. The minimum Gasteiger partial charge on any atom is -0.361 e. The van der Waals surface area contributed by atoms with Crippen molar-refractivity contribution in [3.8, 4) is 0 Å². The number of hydrogen-bond donors (Lipinski definition) is 1. The van der Waals surface area contributed by atoms with Gasteiger partial charge in [-0.25, -0.2) is 0 Å². The van der Waals surface area contributed by atoms with E-state index in [0.29, 0.717) is 18.9 Å². The molecule has 4 rings (SSSR count). The van der Waals surface area contributed by atoms with Crippen LogP contribution in [0.1, 0.15) is 63.4 Å². The molecule has 1 N–H and O–H groups in total. The standard InChI is InChI=1S/C28H43N5O3/c1-30(18-21-7-5-4-6-8-21)23-13-15-33(16-14-23)19-22-9-10-24(26(17-22)31(2)20-34)32(3)25-11-12-27(35)29-28(25)36/h9-10,17,20-21,23,25H,4-8,11-16,18-19H2,1-3H3,(H,29,35,36). The Morgan fingerprint density at radius 2 is 1.69 bits per heavy atom. The number of likely N-dealkylation sites (tertiary alicyclic amines) is 1. The topological polar surface area (TPSA) is 76.2 Å². The number of rotatable bonds is 9. The Balaban J connectivity index is 1.36. The fourth-order valence-corrected chi connectivity index (χ4v) is 6.23. The van der Waals surface area contributed by atoms with Crippen LogP contribution >= 0.6 is 0 Å². The fourth-order valence-electron chi connectivity index (χ4n) is 6.23. The van der Waals surface area contributed by atoms with Gasteiger partial charge in [0.2, 0.25) is 18.2 Å². The molecular formula is C28H43N5O3. The van der Waals surface area contributed by atoms with Gasteiger partial charge in [0.25, 0.3) is 0 Å². The number of carbonyl (C=O) groups is 3. The van der Waals surface area contributed by atoms with Crippen molar-refractivity contribution < 1.29 is 14.4 Å². The van der Waals surface area contributed by atoms with Crippen LogP contribution in [0.4, 0.5) is 11.4 Å². The van der Waals surface area contributed by atoms with Crippen molar-refractivity contribution in [2.24, 2.45) is 5.92 Å². The SMILES string of the molecule is CN(C=O)c1cc(CN2CCC(N(C)CC3CCCCC3)CC2)ccc1N(C)C1CCC(=O)NC1=O. The zero-order valence-corrected chi connectivity index (χ0v) is 22.2. The number of amides is 3. The number of nitrogens with one attached hydrogen (secondary N) is 1. The first-order valence-electron chi connectivity index (χ1n) is 13.7. The number of imide groups is 1. The van der Waals surface area contributed by atoms with E-state index in [9.17, 15) is 14.4 Å². The second kappa shape index (κ2) is 12.2. The summed E-state index contributed by atoms with van der Waals surface area (Å²) in [4.78, 5) is 44.2. The minimum atomic E-state index is -0.433. The van der Waals surface area contributed by atoms with E-state index in [1.165, 1.54) is 51.5 Å². The molecule has 3 fully saturated rings. The van der Waals surface area contributed by atoms with E-state index in [1.807, 2.05) is 18.0 Å². The second-order valence-electron chi connectivity index (χ2n) is 11.1. The van der Waals surface area contributed by atoms with E-state index >= 15 is 0 Å². The molecule has 1 aromatic carbocycles. The zero-order valence-electron chi connectivity index (χ0n) is 22.2. The second-order valence-corrected chi connectivity index (χ2v) is 11.1. The quantitative estimate of drug-likeness (QED) is 0.418. The molecule has 0 spiro atoms. The Morgan fingerprint density at radius 1 is 0.972 bits per heavy atom. The molecule has 2 aliphatic heterocycles. The number of nitrogens with zero attached hydrogens (tertiary/aromatic N) is 4. The Kier molecular flexibility index (Phi) is 9.01. The lowest BCUT2D eigenvalue weighted by molar-refractivity contribution is -0.134. The average Bonchev–Trinajstić information content (AvgIpc) is 2.89. The number of anilines is 2. The van der Waals surface area contributed by atoms with E-state index in [0.717, 1.165) is 48.9 Å². The molecule has 1 unspecified atom stereocenters. The van der Waals surface area contributed by atoms with Crippen LogP contribution in [-0.2, 0) is 20.9 Å². The lowest BCUT2D eigenvalue weighted by Gasteiger charge is -2.39. The maximum absolute atomic E-state index is 12.4. The first-order valence-corrected chi connectivity index (χ1v) is 13.7. The molecular weight excluding hydrogens is 454 g/mol. The van der Waals surface area contributed by atoms with Crippen molar-refractivity contribution in [2.75, 3.05) is 50.6 Å². The molecule has 0 radical (unpaired) electrons. The third-order valence-corrected chi connectivity index (χ3v) is 8.49. The van der Waals surface area contributed by atoms with Gasteiger partial charge in [0.1, 0.15) is 6.04 Å². The van der Waals surface area contributed by atoms with Crippen LogP contribution < -0.4 is 15.1 Å². The van der Waals surface area contributed by atoms with Gasteiger partial charge in [0, 0.05) is 39.6 Å². The highest BCUT2D eigenvalue weighted by atomic mass is 16.2. The predicted molar refractivity (Wildman–Crippen MR) is 143 cm³/mol. The van der Waals surface area contributed by atoms with E-state index in [-0.39, 0.29) is 11.8 Å². The van der Waals surface area contributed by atoms with Crippen molar-refractivity contribution in [3.05, 3.63) is 23.8 Å². The van der Waals surface area contributed by atoms with Crippen molar-refractivity contribution in [1.29, 1.82) is 0 Å². The van der Waals surface area contributed by atoms with Crippen molar-refractivity contribution in [1.82, 2.24) is 15.1 Å². The Labute approximate surface area is 216 Å². The highest BCUT2D eigenvalue weighted by Crippen LogP contribution is 2.32. The maximum Gasteiger partial charge on any atom is 0.249 e. The molecule has 3 aliphatic rings. The van der Waals surface area contributed by atoms with Crippen LogP contribution in [0.15, 0.2) is 18.2 Å². The van der Waals surface area contributed by atoms with Gasteiger partial charge in [0.15, 0.2) is 0 Å². The summed E-state index contributed by atoms with van der Waals surface area (Å²) in [6.07, 6.45) is 11.0. The summed E-state index contributed by atoms with van der Waals surface area (Å²) < 4.78 is 0. The summed E-state index contributed by atoms with van der Waals surface area (Å²) in [5.41, 5.74) is 2.75. The van der Waals surface area contributed by atoms with Crippen LogP contribution in [0.2, 0.25) is 0 Å². The van der Waals surface area contributed by atoms with Gasteiger partial charge in [-0.1, -0.05) is 25.3 Å². The van der Waals surface area contributed by atoms with Crippen molar-refractivity contribution in [2.45, 2.75) is 76.4 Å². The molecule has 0 bridgehead atoms. The largest absolute Gasteiger partial charge is 0.361 e. The van der Waals surface area contributed by atoms with Gasteiger partial charge < -0.3 is 14.7 Å². The van der Waals surface area contributed by atoms with E-state index in [1.54, 1.807) is 11.9 Å². The lowest BCUT2D eigenvalue weighted by atomic mass is 9.88. The predicted octanol–water partition coefficient (Wildman–Crippen LogP) is 3.00. The smallest absolute Gasteiger partial charge is 0.249 e. The average molecular weight is 498 g/mol. The Morgan fingerprint density at radius 3 is 2.36 bits per heavy atom. The van der Waals surface area contributed by atoms with Gasteiger partial charge >= 0.3 is 0 Å². The molecule has 3 amide bonds. The molecule has 198 valence electrons. The third-order valence-electron chi connectivity index (χ3n) is 8.49. The van der Waals surface area contributed by atoms with Gasteiger partial charge in [-0.05, 0) is 75.9 Å². The molecule has 1 aliphatic carbocycles. The Bertz CT molecular complexity index is 924. The number of benzene rings is 1. The number of piperidine rings is 2. The summed E-state index contributed by atoms with van der Waals surface area (Å²) >= 11 is 0. The van der Waals surface area contributed by atoms with E-state index in [4.69, 9.17) is 0 Å². The molecule has 1 atom stereocenters. The van der Waals surface area contributed by atoms with E-state index in [2.05, 4.69) is 34.3 Å². The lowest BCUT2D eigenvalue weighted by Crippen LogP contribution is -2.51. The maximum atomic E-state index is 12.4. The summed E-state index contributed by atoms with van der Waals surface area (Å²) in [6, 6.07) is 6.40. The Hall–Kier alpha value is -2.45. The zero-order chi connectivity index (χ0) is 25.7. The third kappa shape index (κ3) is 6.45. The molecule has 1 aromatic rings. The number of carbonyl (C=O) groups excluding carboxylic acids is 3. The van der Waals surface area contributed by atoms with Gasteiger partial charge in [-0.2, -0.15) is 0 Å².